The average Bonchev–Trinajstić information content (AvgIpc) is 3.09. The SMILES string of the molecule is CCCCOCc1nc(C(C)C)c(Sc2cccc(OC)c2)n1Cc1ccncc1. The van der Waals surface area contributed by atoms with E-state index in [1.807, 2.05) is 24.5 Å². The topological polar surface area (TPSA) is 49.2 Å². The summed E-state index contributed by atoms with van der Waals surface area (Å²) in [6.45, 7) is 8.57. The van der Waals surface area contributed by atoms with Gasteiger partial charge < -0.3 is 14.0 Å². The van der Waals surface area contributed by atoms with Crippen LogP contribution < -0.4 is 4.74 Å². The molecular formula is C24H31N3O2S. The molecule has 0 N–H and O–H groups in total. The summed E-state index contributed by atoms with van der Waals surface area (Å²) < 4.78 is 13.7. The number of benzene rings is 1. The Kier molecular flexibility index (Phi) is 8.34. The lowest BCUT2D eigenvalue weighted by Gasteiger charge is -2.14. The van der Waals surface area contributed by atoms with Gasteiger partial charge in [-0.25, -0.2) is 4.98 Å². The van der Waals surface area contributed by atoms with Crippen LogP contribution in [0.25, 0.3) is 0 Å². The van der Waals surface area contributed by atoms with E-state index in [0.717, 1.165) is 53.2 Å². The third kappa shape index (κ3) is 5.86. The molecule has 1 aromatic carbocycles. The fourth-order valence-electron chi connectivity index (χ4n) is 3.12. The van der Waals surface area contributed by atoms with Crippen LogP contribution >= 0.6 is 11.8 Å². The van der Waals surface area contributed by atoms with Gasteiger partial charge in [-0.15, -0.1) is 0 Å². The molecule has 0 atom stereocenters. The van der Waals surface area contributed by atoms with E-state index >= 15 is 0 Å². The third-order valence-corrected chi connectivity index (χ3v) is 5.90. The number of pyridine rings is 1. The standard InChI is InChI=1S/C24H31N3O2S/c1-5-6-14-29-17-22-26-23(18(2)3)24(27(22)16-19-10-12-25-13-11-19)30-21-9-7-8-20(15-21)28-4/h7-13,15,18H,5-6,14,16-17H2,1-4H3. The number of imidazole rings is 1. The van der Waals surface area contributed by atoms with Crippen LogP contribution in [0, 0.1) is 0 Å². The van der Waals surface area contributed by atoms with Gasteiger partial charge in [0.2, 0.25) is 0 Å². The number of methoxy groups -OCH3 is 1. The Labute approximate surface area is 183 Å². The van der Waals surface area contributed by atoms with Crippen molar-refractivity contribution in [3.8, 4) is 5.75 Å². The molecule has 0 radical (unpaired) electrons. The van der Waals surface area contributed by atoms with Gasteiger partial charge in [0.1, 0.15) is 23.2 Å². The van der Waals surface area contributed by atoms with Gasteiger partial charge in [-0.3, -0.25) is 4.98 Å². The zero-order valence-electron chi connectivity index (χ0n) is 18.3. The number of ether oxygens (including phenoxy) is 2. The smallest absolute Gasteiger partial charge is 0.136 e. The molecule has 0 aliphatic rings. The molecule has 0 saturated carbocycles. The first kappa shape index (κ1) is 22.4. The highest BCUT2D eigenvalue weighted by Crippen LogP contribution is 2.36. The number of unbranched alkanes of at least 4 members (excludes halogenated alkanes) is 1. The summed E-state index contributed by atoms with van der Waals surface area (Å²) in [6, 6.07) is 12.3. The number of nitrogens with zero attached hydrogens (tertiary/aromatic N) is 3. The Morgan fingerprint density at radius 2 is 1.93 bits per heavy atom. The van der Waals surface area contributed by atoms with Crippen LogP contribution in [0.4, 0.5) is 0 Å². The Morgan fingerprint density at radius 3 is 2.63 bits per heavy atom. The predicted octanol–water partition coefficient (Wildman–Crippen LogP) is 5.93. The number of rotatable bonds is 11. The Balaban J connectivity index is 1.98. The fourth-order valence-corrected chi connectivity index (χ4v) is 4.33. The molecule has 3 aromatic rings. The van der Waals surface area contributed by atoms with Gasteiger partial charge in [0.25, 0.3) is 0 Å². The molecule has 5 nitrogen and oxygen atoms in total. The van der Waals surface area contributed by atoms with Crippen LogP contribution in [0.15, 0.2) is 58.7 Å². The fraction of sp³-hybridized carbons (Fsp3) is 0.417. The predicted molar refractivity (Wildman–Crippen MR) is 121 cm³/mol. The summed E-state index contributed by atoms with van der Waals surface area (Å²) in [7, 11) is 1.70. The maximum absolute atomic E-state index is 5.95. The zero-order chi connectivity index (χ0) is 21.3. The lowest BCUT2D eigenvalue weighted by molar-refractivity contribution is 0.110. The van der Waals surface area contributed by atoms with Gasteiger partial charge in [0, 0.05) is 23.9 Å². The van der Waals surface area contributed by atoms with Crippen LogP contribution in [0.2, 0.25) is 0 Å². The maximum atomic E-state index is 5.95. The van der Waals surface area contributed by atoms with Crippen LogP contribution in [0.1, 0.15) is 56.6 Å². The Morgan fingerprint density at radius 1 is 1.13 bits per heavy atom. The summed E-state index contributed by atoms with van der Waals surface area (Å²) in [5, 5.41) is 1.16. The van der Waals surface area contributed by atoms with Crippen molar-refractivity contribution in [2.75, 3.05) is 13.7 Å². The van der Waals surface area contributed by atoms with Crippen LogP contribution in [0.5, 0.6) is 5.75 Å². The lowest BCUT2D eigenvalue weighted by atomic mass is 10.1. The van der Waals surface area contributed by atoms with Crippen molar-refractivity contribution in [1.82, 2.24) is 14.5 Å². The highest BCUT2D eigenvalue weighted by Gasteiger charge is 2.21. The van der Waals surface area contributed by atoms with Gasteiger partial charge in [-0.2, -0.15) is 0 Å². The molecular weight excluding hydrogens is 394 g/mol. The molecule has 0 fully saturated rings. The normalized spacial score (nSPS) is 11.2. The minimum Gasteiger partial charge on any atom is -0.497 e. The third-order valence-electron chi connectivity index (χ3n) is 4.79. The molecule has 3 rings (SSSR count). The van der Waals surface area contributed by atoms with Crippen molar-refractivity contribution in [3.63, 3.8) is 0 Å². The Bertz CT molecular complexity index is 925. The van der Waals surface area contributed by atoms with Crippen molar-refractivity contribution in [2.45, 2.75) is 62.6 Å². The molecule has 0 aliphatic carbocycles. The van der Waals surface area contributed by atoms with E-state index < -0.39 is 0 Å². The molecule has 0 unspecified atom stereocenters. The highest BCUT2D eigenvalue weighted by molar-refractivity contribution is 7.99. The van der Waals surface area contributed by atoms with Gasteiger partial charge in [0.15, 0.2) is 0 Å². The van der Waals surface area contributed by atoms with Crippen molar-refractivity contribution in [3.05, 3.63) is 65.9 Å². The van der Waals surface area contributed by atoms with Crippen molar-refractivity contribution in [1.29, 1.82) is 0 Å². The van der Waals surface area contributed by atoms with Crippen LogP contribution in [-0.2, 0) is 17.9 Å². The van der Waals surface area contributed by atoms with E-state index in [-0.39, 0.29) is 0 Å². The monoisotopic (exact) mass is 425 g/mol. The summed E-state index contributed by atoms with van der Waals surface area (Å²) in [5.74, 6) is 2.14. The van der Waals surface area contributed by atoms with Crippen molar-refractivity contribution < 1.29 is 9.47 Å². The van der Waals surface area contributed by atoms with E-state index in [0.29, 0.717) is 12.5 Å². The number of hydrogen-bond acceptors (Lipinski definition) is 5. The highest BCUT2D eigenvalue weighted by atomic mass is 32.2. The number of aromatic nitrogens is 3. The van der Waals surface area contributed by atoms with E-state index in [1.165, 1.54) is 5.56 Å². The van der Waals surface area contributed by atoms with E-state index in [1.54, 1.807) is 18.9 Å². The largest absolute Gasteiger partial charge is 0.497 e. The Hall–Kier alpha value is -2.31. The minimum absolute atomic E-state index is 0.311. The quantitative estimate of drug-likeness (QED) is 0.357. The number of hydrogen-bond donors (Lipinski definition) is 0. The van der Waals surface area contributed by atoms with Crippen molar-refractivity contribution >= 4 is 11.8 Å². The summed E-state index contributed by atoms with van der Waals surface area (Å²) in [6.07, 6.45) is 5.86. The molecule has 0 saturated heterocycles. The van der Waals surface area contributed by atoms with Crippen molar-refractivity contribution in [2.24, 2.45) is 0 Å². The molecule has 2 aromatic heterocycles. The summed E-state index contributed by atoms with van der Waals surface area (Å²) in [4.78, 5) is 10.3. The molecule has 0 amide bonds. The van der Waals surface area contributed by atoms with E-state index in [9.17, 15) is 0 Å². The first-order valence-electron chi connectivity index (χ1n) is 10.5. The molecule has 2 heterocycles. The molecule has 6 heteroatoms. The molecule has 160 valence electrons. The van der Waals surface area contributed by atoms with Gasteiger partial charge in [-0.1, -0.05) is 45.0 Å². The molecule has 30 heavy (non-hydrogen) atoms. The summed E-state index contributed by atoms with van der Waals surface area (Å²) in [5.41, 5.74) is 2.30. The second-order valence-corrected chi connectivity index (χ2v) is 8.56. The zero-order valence-corrected chi connectivity index (χ0v) is 19.1. The average molecular weight is 426 g/mol. The second-order valence-electron chi connectivity index (χ2n) is 7.50. The van der Waals surface area contributed by atoms with Crippen LogP contribution in [0.3, 0.4) is 0 Å². The van der Waals surface area contributed by atoms with E-state index in [4.69, 9.17) is 14.5 Å². The lowest BCUT2D eigenvalue weighted by Crippen LogP contribution is -2.09. The summed E-state index contributed by atoms with van der Waals surface area (Å²) >= 11 is 1.73. The minimum atomic E-state index is 0.311. The second kappa shape index (κ2) is 11.2. The first-order valence-corrected chi connectivity index (χ1v) is 11.3. The van der Waals surface area contributed by atoms with Crippen LogP contribution in [-0.4, -0.2) is 28.3 Å². The van der Waals surface area contributed by atoms with E-state index in [2.05, 4.69) is 54.6 Å². The first-order chi connectivity index (χ1) is 14.6. The maximum Gasteiger partial charge on any atom is 0.136 e. The van der Waals surface area contributed by atoms with Gasteiger partial charge >= 0.3 is 0 Å². The van der Waals surface area contributed by atoms with Gasteiger partial charge in [0.05, 0.1) is 19.3 Å². The van der Waals surface area contributed by atoms with Gasteiger partial charge in [-0.05, 0) is 48.2 Å². The molecule has 0 spiro atoms. The molecule has 0 bridgehead atoms. The molecule has 0 aliphatic heterocycles.